The number of carbonyl (C=O) groups is 1. The predicted octanol–water partition coefficient (Wildman–Crippen LogP) is 4.73. The van der Waals surface area contributed by atoms with Gasteiger partial charge in [0.1, 0.15) is 18.2 Å². The molecule has 0 aliphatic heterocycles. The zero-order valence-electron chi connectivity index (χ0n) is 16.8. The fourth-order valence-corrected chi connectivity index (χ4v) is 4.12. The van der Waals surface area contributed by atoms with Crippen molar-refractivity contribution in [2.75, 3.05) is 11.9 Å². The number of aromatic nitrogens is 2. The minimum atomic E-state index is -4.43. The van der Waals surface area contributed by atoms with Crippen molar-refractivity contribution in [2.24, 2.45) is 0 Å². The van der Waals surface area contributed by atoms with Crippen LogP contribution < -0.4 is 5.32 Å². The molecule has 0 saturated carbocycles. The van der Waals surface area contributed by atoms with E-state index in [0.29, 0.717) is 25.1 Å². The third kappa shape index (κ3) is 4.35. The number of fused-ring (bicyclic) bond motifs is 3. The molecule has 0 unspecified atom stereocenters. The predicted molar refractivity (Wildman–Crippen MR) is 107 cm³/mol. The summed E-state index contributed by atoms with van der Waals surface area (Å²) in [6, 6.07) is 6.68. The molecule has 0 spiro atoms. The summed E-state index contributed by atoms with van der Waals surface area (Å²) < 4.78 is 59.1. The van der Waals surface area contributed by atoms with Crippen molar-refractivity contribution in [3.05, 3.63) is 59.2 Å². The van der Waals surface area contributed by atoms with Gasteiger partial charge < -0.3 is 14.6 Å². The van der Waals surface area contributed by atoms with Gasteiger partial charge in [-0.1, -0.05) is 0 Å². The second-order valence-electron chi connectivity index (χ2n) is 7.49. The highest BCUT2D eigenvalue weighted by Crippen LogP contribution is 2.34. The summed E-state index contributed by atoms with van der Waals surface area (Å²) in [4.78, 5) is 16.0. The van der Waals surface area contributed by atoms with E-state index in [1.807, 2.05) is 4.57 Å². The molecule has 1 atom stereocenters. The van der Waals surface area contributed by atoms with E-state index in [4.69, 9.17) is 4.74 Å². The number of carbonyl (C=O) groups excluding carboxylic acids is 1. The highest BCUT2D eigenvalue weighted by Gasteiger charge is 2.31. The van der Waals surface area contributed by atoms with E-state index < -0.39 is 11.7 Å². The molecule has 1 aliphatic rings. The highest BCUT2D eigenvalue weighted by molar-refractivity contribution is 5.87. The van der Waals surface area contributed by atoms with Crippen molar-refractivity contribution in [1.82, 2.24) is 9.55 Å². The number of hydrogen-bond acceptors (Lipinski definition) is 4. The van der Waals surface area contributed by atoms with Crippen LogP contribution in [0.5, 0.6) is 0 Å². The molecule has 9 heteroatoms. The zero-order valence-corrected chi connectivity index (χ0v) is 16.8. The topological polar surface area (TPSA) is 56.1 Å². The number of rotatable bonds is 5. The summed E-state index contributed by atoms with van der Waals surface area (Å²) in [7, 11) is 0. The van der Waals surface area contributed by atoms with Crippen molar-refractivity contribution in [2.45, 2.75) is 44.9 Å². The van der Waals surface area contributed by atoms with Crippen LogP contribution in [0.4, 0.5) is 23.4 Å². The first-order valence-corrected chi connectivity index (χ1v) is 10.0. The summed E-state index contributed by atoms with van der Waals surface area (Å²) in [5, 5.41) is 3.90. The minimum absolute atomic E-state index is 0.0455. The van der Waals surface area contributed by atoms with E-state index in [2.05, 4.69) is 10.3 Å². The van der Waals surface area contributed by atoms with Crippen LogP contribution >= 0.6 is 0 Å². The van der Waals surface area contributed by atoms with Crippen LogP contribution in [-0.4, -0.2) is 28.2 Å². The number of halogens is 4. The summed E-state index contributed by atoms with van der Waals surface area (Å²) in [5.74, 6) is -0.383. The molecule has 2 aromatic heterocycles. The molecule has 1 aliphatic carbocycles. The maximum atomic E-state index is 14.0. The maximum Gasteiger partial charge on any atom is 0.417 e. The van der Waals surface area contributed by atoms with E-state index in [9.17, 15) is 22.4 Å². The van der Waals surface area contributed by atoms with Gasteiger partial charge in [0.2, 0.25) is 0 Å². The molecule has 0 saturated heterocycles. The third-order valence-corrected chi connectivity index (χ3v) is 5.46. The monoisotopic (exact) mass is 435 g/mol. The van der Waals surface area contributed by atoms with E-state index >= 15 is 0 Å². The Morgan fingerprint density at radius 3 is 2.77 bits per heavy atom. The van der Waals surface area contributed by atoms with Gasteiger partial charge in [0.15, 0.2) is 0 Å². The molecule has 31 heavy (non-hydrogen) atoms. The van der Waals surface area contributed by atoms with Gasteiger partial charge >= 0.3 is 12.1 Å². The lowest BCUT2D eigenvalue weighted by Crippen LogP contribution is -2.29. The van der Waals surface area contributed by atoms with Gasteiger partial charge in [0.05, 0.1) is 12.2 Å². The Morgan fingerprint density at radius 2 is 2.10 bits per heavy atom. The van der Waals surface area contributed by atoms with Crippen molar-refractivity contribution in [3.8, 4) is 0 Å². The lowest BCUT2D eigenvalue weighted by molar-refractivity contribution is -0.143. The standard InChI is InChI=1S/C22H21F4N3O2/c1-2-31-21(30)12-29-18-6-4-14(23)9-16(18)17-10-15(5-7-19(17)29)28-20-8-3-13(11-27-20)22(24,25)26/h3-4,6,8-9,11,15H,2,5,7,10,12H2,1H3,(H,27,28)/t15-/m0/s1. The van der Waals surface area contributed by atoms with Crippen molar-refractivity contribution in [1.29, 1.82) is 0 Å². The number of nitrogens with one attached hydrogen (secondary N) is 1. The Labute approximate surface area is 176 Å². The second kappa shape index (κ2) is 8.20. The number of alkyl halides is 3. The highest BCUT2D eigenvalue weighted by atomic mass is 19.4. The van der Waals surface area contributed by atoms with Gasteiger partial charge in [-0.05, 0) is 62.1 Å². The molecule has 1 aromatic carbocycles. The first-order valence-electron chi connectivity index (χ1n) is 10.0. The molecule has 0 radical (unpaired) electrons. The molecule has 4 rings (SSSR count). The second-order valence-corrected chi connectivity index (χ2v) is 7.49. The number of ether oxygens (including phenoxy) is 1. The van der Waals surface area contributed by atoms with Gasteiger partial charge in [-0.3, -0.25) is 4.79 Å². The van der Waals surface area contributed by atoms with Crippen LogP contribution in [0, 0.1) is 5.82 Å². The third-order valence-electron chi connectivity index (χ3n) is 5.46. The van der Waals surface area contributed by atoms with E-state index in [0.717, 1.165) is 34.4 Å². The first kappa shape index (κ1) is 21.1. The average molecular weight is 435 g/mol. The zero-order chi connectivity index (χ0) is 22.2. The Kier molecular flexibility index (Phi) is 5.60. The van der Waals surface area contributed by atoms with Crippen LogP contribution in [0.25, 0.3) is 10.9 Å². The lowest BCUT2D eigenvalue weighted by Gasteiger charge is -2.25. The number of esters is 1. The van der Waals surface area contributed by atoms with Crippen molar-refractivity contribution >= 4 is 22.7 Å². The Hall–Kier alpha value is -3.10. The first-order chi connectivity index (χ1) is 14.8. The lowest BCUT2D eigenvalue weighted by atomic mass is 9.91. The number of benzene rings is 1. The van der Waals surface area contributed by atoms with Gasteiger partial charge in [0.25, 0.3) is 0 Å². The molecule has 0 amide bonds. The van der Waals surface area contributed by atoms with E-state index in [-0.39, 0.29) is 31.0 Å². The summed E-state index contributed by atoms with van der Waals surface area (Å²) >= 11 is 0. The van der Waals surface area contributed by atoms with Crippen LogP contribution in [0.15, 0.2) is 36.5 Å². The number of anilines is 1. The molecule has 164 valence electrons. The number of pyridine rings is 1. The molecule has 0 bridgehead atoms. The molecule has 2 heterocycles. The molecule has 1 N–H and O–H groups in total. The molecule has 0 fully saturated rings. The Bertz CT molecular complexity index is 1110. The van der Waals surface area contributed by atoms with Crippen molar-refractivity contribution in [3.63, 3.8) is 0 Å². The summed E-state index contributed by atoms with van der Waals surface area (Å²) in [6.07, 6.45) is -1.78. The SMILES string of the molecule is CCOC(=O)Cn1c2c(c3cc(F)ccc31)C[C@@H](Nc1ccc(C(F)(F)F)cn1)CC2. The normalized spacial score (nSPS) is 16.2. The quantitative estimate of drug-likeness (QED) is 0.465. The average Bonchev–Trinajstić information content (AvgIpc) is 3.00. The van der Waals surface area contributed by atoms with Crippen LogP contribution in [0.3, 0.4) is 0 Å². The molecule has 3 aromatic rings. The molecular formula is C22H21F4N3O2. The number of nitrogens with zero attached hydrogens (tertiary/aromatic N) is 2. The molecular weight excluding hydrogens is 414 g/mol. The van der Waals surface area contributed by atoms with Crippen molar-refractivity contribution < 1.29 is 27.1 Å². The van der Waals surface area contributed by atoms with Crippen LogP contribution in [0.1, 0.15) is 30.2 Å². The Morgan fingerprint density at radius 1 is 1.29 bits per heavy atom. The summed E-state index contributed by atoms with van der Waals surface area (Å²) in [5.41, 5.74) is 1.83. The van der Waals surface area contributed by atoms with Crippen LogP contribution in [-0.2, 0) is 35.1 Å². The number of hydrogen-bond donors (Lipinski definition) is 1. The van der Waals surface area contributed by atoms with E-state index in [1.165, 1.54) is 18.2 Å². The Balaban J connectivity index is 1.60. The fourth-order valence-electron chi connectivity index (χ4n) is 4.12. The van der Waals surface area contributed by atoms with Gasteiger partial charge in [-0.25, -0.2) is 9.37 Å². The minimum Gasteiger partial charge on any atom is -0.465 e. The van der Waals surface area contributed by atoms with Crippen LogP contribution in [0.2, 0.25) is 0 Å². The fraction of sp³-hybridized carbons (Fsp3) is 0.364. The summed E-state index contributed by atoms with van der Waals surface area (Å²) in [6.45, 7) is 2.06. The van der Waals surface area contributed by atoms with Gasteiger partial charge in [-0.2, -0.15) is 13.2 Å². The maximum absolute atomic E-state index is 14.0. The smallest absolute Gasteiger partial charge is 0.417 e. The largest absolute Gasteiger partial charge is 0.465 e. The molecule has 5 nitrogen and oxygen atoms in total. The van der Waals surface area contributed by atoms with Gasteiger partial charge in [0, 0.05) is 28.8 Å². The van der Waals surface area contributed by atoms with Gasteiger partial charge in [-0.15, -0.1) is 0 Å². The van der Waals surface area contributed by atoms with E-state index in [1.54, 1.807) is 13.0 Å².